The molecule has 0 aliphatic heterocycles. The highest BCUT2D eigenvalue weighted by molar-refractivity contribution is 6.30. The molecule has 2 amide bonds. The molecule has 2 rings (SSSR count). The summed E-state index contributed by atoms with van der Waals surface area (Å²) in [4.78, 5) is 25.0. The van der Waals surface area contributed by atoms with Crippen molar-refractivity contribution in [3.63, 3.8) is 0 Å². The van der Waals surface area contributed by atoms with Crippen LogP contribution in [0.5, 0.6) is 5.75 Å². The zero-order chi connectivity index (χ0) is 16.8. The smallest absolute Gasteiger partial charge is 0.262 e. The normalized spacial score (nSPS) is 10.0. The molecule has 0 atom stereocenters. The maximum absolute atomic E-state index is 12.0. The maximum atomic E-state index is 12.0. The van der Waals surface area contributed by atoms with E-state index in [0.717, 1.165) is 0 Å². The molecule has 0 aliphatic carbocycles. The Labute approximate surface area is 139 Å². The first-order valence-corrected chi connectivity index (χ1v) is 7.36. The summed E-state index contributed by atoms with van der Waals surface area (Å²) in [5.74, 6) is 0.118. The first-order valence-electron chi connectivity index (χ1n) is 6.99. The van der Waals surface area contributed by atoms with Crippen molar-refractivity contribution in [2.45, 2.75) is 6.92 Å². The molecule has 5 nitrogen and oxygen atoms in total. The Morgan fingerprint density at radius 3 is 2.43 bits per heavy atom. The number of hydrogen-bond donors (Lipinski definition) is 1. The van der Waals surface area contributed by atoms with Crippen molar-refractivity contribution in [2.24, 2.45) is 0 Å². The van der Waals surface area contributed by atoms with Crippen LogP contribution < -0.4 is 15.0 Å². The second-order valence-electron chi connectivity index (χ2n) is 4.89. The summed E-state index contributed by atoms with van der Waals surface area (Å²) in [6.07, 6.45) is 0. The van der Waals surface area contributed by atoms with Crippen molar-refractivity contribution >= 4 is 34.8 Å². The summed E-state index contributed by atoms with van der Waals surface area (Å²) in [6.45, 7) is 1.32. The van der Waals surface area contributed by atoms with Crippen LogP contribution >= 0.6 is 11.6 Å². The molecule has 2 aromatic carbocycles. The molecule has 0 bridgehead atoms. The monoisotopic (exact) mass is 332 g/mol. The van der Waals surface area contributed by atoms with E-state index in [1.54, 1.807) is 55.6 Å². The number of nitrogens with zero attached hydrogens (tertiary/aromatic N) is 1. The average molecular weight is 333 g/mol. The van der Waals surface area contributed by atoms with E-state index in [2.05, 4.69) is 5.32 Å². The Morgan fingerprint density at radius 2 is 1.78 bits per heavy atom. The van der Waals surface area contributed by atoms with Crippen molar-refractivity contribution in [1.82, 2.24) is 0 Å². The van der Waals surface area contributed by atoms with Crippen molar-refractivity contribution in [3.8, 4) is 5.75 Å². The molecule has 23 heavy (non-hydrogen) atoms. The number of anilines is 2. The topological polar surface area (TPSA) is 58.6 Å². The zero-order valence-electron chi connectivity index (χ0n) is 12.9. The Balaban J connectivity index is 2.00. The summed E-state index contributed by atoms with van der Waals surface area (Å²) in [6, 6.07) is 13.8. The standard InChI is InChI=1S/C17H17ClN2O3/c1-12(21)20(2)16-6-4-3-5-15(16)19-17(22)11-23-14-9-7-13(18)8-10-14/h3-10H,11H2,1-2H3,(H,19,22). The Kier molecular flexibility index (Phi) is 5.60. The minimum absolute atomic E-state index is 0.121. The minimum Gasteiger partial charge on any atom is -0.484 e. The largest absolute Gasteiger partial charge is 0.484 e. The molecule has 6 heteroatoms. The fourth-order valence-electron chi connectivity index (χ4n) is 1.91. The van der Waals surface area contributed by atoms with E-state index in [1.165, 1.54) is 11.8 Å². The molecule has 0 heterocycles. The Bertz CT molecular complexity index is 701. The third-order valence-electron chi connectivity index (χ3n) is 3.20. The first-order chi connectivity index (χ1) is 11.0. The minimum atomic E-state index is -0.315. The lowest BCUT2D eigenvalue weighted by Gasteiger charge is -2.19. The molecule has 0 fully saturated rings. The van der Waals surface area contributed by atoms with Gasteiger partial charge in [0.25, 0.3) is 5.91 Å². The zero-order valence-corrected chi connectivity index (χ0v) is 13.6. The second kappa shape index (κ2) is 7.65. The van der Waals surface area contributed by atoms with Crippen LogP contribution in [0.25, 0.3) is 0 Å². The molecule has 0 saturated heterocycles. The van der Waals surface area contributed by atoms with Gasteiger partial charge in [-0.3, -0.25) is 9.59 Å². The van der Waals surface area contributed by atoms with Crippen LogP contribution in [0.2, 0.25) is 5.02 Å². The van der Waals surface area contributed by atoms with Gasteiger partial charge in [0.15, 0.2) is 6.61 Å². The lowest BCUT2D eigenvalue weighted by Crippen LogP contribution is -2.26. The Hall–Kier alpha value is -2.53. The Morgan fingerprint density at radius 1 is 1.13 bits per heavy atom. The molecule has 0 saturated carbocycles. The first kappa shape index (κ1) is 16.8. The highest BCUT2D eigenvalue weighted by Gasteiger charge is 2.12. The molecular formula is C17H17ClN2O3. The van der Waals surface area contributed by atoms with E-state index < -0.39 is 0 Å². The summed E-state index contributed by atoms with van der Waals surface area (Å²) in [7, 11) is 1.65. The molecular weight excluding hydrogens is 316 g/mol. The number of nitrogens with one attached hydrogen (secondary N) is 1. The van der Waals surface area contributed by atoms with Crippen molar-refractivity contribution < 1.29 is 14.3 Å². The van der Waals surface area contributed by atoms with E-state index in [9.17, 15) is 9.59 Å². The number of amides is 2. The predicted octanol–water partition coefficient (Wildman–Crippen LogP) is 3.34. The molecule has 0 unspecified atom stereocenters. The molecule has 0 spiro atoms. The van der Waals surface area contributed by atoms with Gasteiger partial charge in [0.1, 0.15) is 5.75 Å². The van der Waals surface area contributed by atoms with Crippen LogP contribution in [0.1, 0.15) is 6.92 Å². The van der Waals surface area contributed by atoms with E-state index in [-0.39, 0.29) is 18.4 Å². The quantitative estimate of drug-likeness (QED) is 0.913. The molecule has 0 radical (unpaired) electrons. The number of hydrogen-bond acceptors (Lipinski definition) is 3. The lowest BCUT2D eigenvalue weighted by atomic mass is 10.2. The van der Waals surface area contributed by atoms with Gasteiger partial charge in [0.05, 0.1) is 11.4 Å². The number of ether oxygens (including phenoxy) is 1. The number of rotatable bonds is 5. The number of carbonyl (C=O) groups excluding carboxylic acids is 2. The van der Waals surface area contributed by atoms with Crippen LogP contribution in [0, 0.1) is 0 Å². The van der Waals surface area contributed by atoms with Gasteiger partial charge >= 0.3 is 0 Å². The van der Waals surface area contributed by atoms with Gasteiger partial charge in [-0.05, 0) is 36.4 Å². The summed E-state index contributed by atoms with van der Waals surface area (Å²) in [5.41, 5.74) is 1.18. The number of para-hydroxylation sites is 2. The molecule has 0 aromatic heterocycles. The molecule has 120 valence electrons. The van der Waals surface area contributed by atoms with E-state index >= 15 is 0 Å². The third-order valence-corrected chi connectivity index (χ3v) is 3.45. The summed E-state index contributed by atoms with van der Waals surface area (Å²) >= 11 is 5.79. The maximum Gasteiger partial charge on any atom is 0.262 e. The van der Waals surface area contributed by atoms with Crippen LogP contribution in [-0.2, 0) is 9.59 Å². The van der Waals surface area contributed by atoms with E-state index in [4.69, 9.17) is 16.3 Å². The summed E-state index contributed by atoms with van der Waals surface area (Å²) < 4.78 is 5.39. The van der Waals surface area contributed by atoms with Gasteiger partial charge in [-0.15, -0.1) is 0 Å². The van der Waals surface area contributed by atoms with Gasteiger partial charge in [-0.2, -0.15) is 0 Å². The SMILES string of the molecule is CC(=O)N(C)c1ccccc1NC(=O)COc1ccc(Cl)cc1. The van der Waals surface area contributed by atoms with Crippen molar-refractivity contribution in [3.05, 3.63) is 53.6 Å². The van der Waals surface area contributed by atoms with Crippen molar-refractivity contribution in [2.75, 3.05) is 23.9 Å². The van der Waals surface area contributed by atoms with Crippen LogP contribution in [-0.4, -0.2) is 25.5 Å². The fourth-order valence-corrected chi connectivity index (χ4v) is 2.03. The third kappa shape index (κ3) is 4.72. The van der Waals surface area contributed by atoms with Gasteiger partial charge in [-0.1, -0.05) is 23.7 Å². The second-order valence-corrected chi connectivity index (χ2v) is 5.32. The van der Waals surface area contributed by atoms with Crippen LogP contribution in [0.3, 0.4) is 0 Å². The van der Waals surface area contributed by atoms with Gasteiger partial charge in [0.2, 0.25) is 5.91 Å². The summed E-state index contributed by atoms with van der Waals surface area (Å²) in [5, 5.41) is 3.34. The fraction of sp³-hybridized carbons (Fsp3) is 0.176. The van der Waals surface area contributed by atoms with Gasteiger partial charge < -0.3 is 15.0 Å². The van der Waals surface area contributed by atoms with E-state index in [1.807, 2.05) is 0 Å². The molecule has 1 N–H and O–H groups in total. The molecule has 2 aromatic rings. The van der Waals surface area contributed by atoms with Gasteiger partial charge in [0, 0.05) is 19.0 Å². The van der Waals surface area contributed by atoms with Gasteiger partial charge in [-0.25, -0.2) is 0 Å². The highest BCUT2D eigenvalue weighted by Crippen LogP contribution is 2.24. The molecule has 0 aliphatic rings. The van der Waals surface area contributed by atoms with Crippen LogP contribution in [0.4, 0.5) is 11.4 Å². The average Bonchev–Trinajstić information content (AvgIpc) is 2.54. The number of halogens is 1. The lowest BCUT2D eigenvalue weighted by molar-refractivity contribution is -0.118. The number of benzene rings is 2. The van der Waals surface area contributed by atoms with E-state index in [0.29, 0.717) is 22.1 Å². The highest BCUT2D eigenvalue weighted by atomic mass is 35.5. The van der Waals surface area contributed by atoms with Crippen molar-refractivity contribution in [1.29, 1.82) is 0 Å². The predicted molar refractivity (Wildman–Crippen MR) is 91.1 cm³/mol. The number of carbonyl (C=O) groups is 2. The van der Waals surface area contributed by atoms with Crippen LogP contribution in [0.15, 0.2) is 48.5 Å².